The first kappa shape index (κ1) is 13.6. The fourth-order valence-corrected chi connectivity index (χ4v) is 1.75. The molecule has 0 amide bonds. The Morgan fingerprint density at radius 3 is 2.35 bits per heavy atom. The summed E-state index contributed by atoms with van der Waals surface area (Å²) < 4.78 is 5.28. The molecule has 0 fully saturated rings. The number of carbonyl (C=O) groups is 1. The molecule has 1 aromatic rings. The molecule has 0 aliphatic rings. The van der Waals surface area contributed by atoms with Gasteiger partial charge in [-0.15, -0.1) is 0 Å². The predicted molar refractivity (Wildman–Crippen MR) is 70.6 cm³/mol. The third-order valence-electron chi connectivity index (χ3n) is 2.91. The fourth-order valence-electron chi connectivity index (χ4n) is 1.75. The van der Waals surface area contributed by atoms with Gasteiger partial charge in [-0.3, -0.25) is 0 Å². The smallest absolute Gasteiger partial charge is 0.145 e. The van der Waals surface area contributed by atoms with E-state index in [0.717, 1.165) is 17.4 Å². The lowest BCUT2D eigenvalue weighted by atomic mass is 9.84. The van der Waals surface area contributed by atoms with E-state index in [4.69, 9.17) is 10.5 Å². The van der Waals surface area contributed by atoms with Crippen LogP contribution in [0.15, 0.2) is 12.1 Å². The average molecular weight is 235 g/mol. The van der Waals surface area contributed by atoms with Gasteiger partial charge in [0.2, 0.25) is 0 Å². The molecule has 0 aliphatic carbocycles. The molecule has 0 spiro atoms. The first-order valence-electron chi connectivity index (χ1n) is 5.74. The summed E-state index contributed by atoms with van der Waals surface area (Å²) in [5, 5.41) is 0. The standard InChI is InChI=1S/C14H21NO2/c1-9(8-16)11-6-10(14(2,3)4)7-12(15)13(11)17-5/h6-9H,15H2,1-5H3. The maximum atomic E-state index is 10.9. The minimum atomic E-state index is -0.213. The number of hydrogen-bond acceptors (Lipinski definition) is 3. The zero-order valence-corrected chi connectivity index (χ0v) is 11.2. The van der Waals surface area contributed by atoms with Crippen molar-refractivity contribution in [2.24, 2.45) is 0 Å². The van der Waals surface area contributed by atoms with E-state index >= 15 is 0 Å². The minimum absolute atomic E-state index is 0.00224. The van der Waals surface area contributed by atoms with Gasteiger partial charge in [0.15, 0.2) is 0 Å². The van der Waals surface area contributed by atoms with Crippen LogP contribution in [0.1, 0.15) is 44.7 Å². The first-order chi connectivity index (χ1) is 7.81. The molecule has 17 heavy (non-hydrogen) atoms. The topological polar surface area (TPSA) is 52.3 Å². The SMILES string of the molecule is COc1c(N)cc(C(C)(C)C)cc1C(C)C=O. The number of anilines is 1. The normalized spacial score (nSPS) is 13.2. The summed E-state index contributed by atoms with van der Waals surface area (Å²) in [5.74, 6) is 0.396. The van der Waals surface area contributed by atoms with Crippen LogP contribution >= 0.6 is 0 Å². The highest BCUT2D eigenvalue weighted by atomic mass is 16.5. The van der Waals surface area contributed by atoms with E-state index in [0.29, 0.717) is 11.4 Å². The third kappa shape index (κ3) is 2.78. The number of methoxy groups -OCH3 is 1. The van der Waals surface area contributed by atoms with Crippen molar-refractivity contribution in [3.63, 3.8) is 0 Å². The molecular weight excluding hydrogens is 214 g/mol. The second-order valence-electron chi connectivity index (χ2n) is 5.36. The van der Waals surface area contributed by atoms with E-state index in [1.807, 2.05) is 19.1 Å². The van der Waals surface area contributed by atoms with Crippen LogP contribution in [0, 0.1) is 0 Å². The van der Waals surface area contributed by atoms with Gasteiger partial charge in [0.1, 0.15) is 12.0 Å². The average Bonchev–Trinajstić information content (AvgIpc) is 2.25. The van der Waals surface area contributed by atoms with Gasteiger partial charge in [-0.2, -0.15) is 0 Å². The van der Waals surface area contributed by atoms with E-state index in [2.05, 4.69) is 20.8 Å². The maximum absolute atomic E-state index is 10.9. The zero-order chi connectivity index (χ0) is 13.2. The van der Waals surface area contributed by atoms with Gasteiger partial charge in [0, 0.05) is 11.5 Å². The van der Waals surface area contributed by atoms with Gasteiger partial charge >= 0.3 is 0 Å². The van der Waals surface area contributed by atoms with E-state index in [9.17, 15) is 4.79 Å². The Bertz CT molecular complexity index is 419. The molecule has 0 saturated heterocycles. The molecule has 0 bridgehead atoms. The Balaban J connectivity index is 3.44. The molecule has 3 heteroatoms. The number of aldehydes is 1. The summed E-state index contributed by atoms with van der Waals surface area (Å²) in [6.45, 7) is 8.19. The lowest BCUT2D eigenvalue weighted by Crippen LogP contribution is -2.14. The molecule has 1 atom stereocenters. The quantitative estimate of drug-likeness (QED) is 0.647. The van der Waals surface area contributed by atoms with Crippen LogP contribution in [0.4, 0.5) is 5.69 Å². The van der Waals surface area contributed by atoms with Gasteiger partial charge in [-0.25, -0.2) is 0 Å². The third-order valence-corrected chi connectivity index (χ3v) is 2.91. The maximum Gasteiger partial charge on any atom is 0.145 e. The van der Waals surface area contributed by atoms with Gasteiger partial charge in [-0.1, -0.05) is 33.8 Å². The van der Waals surface area contributed by atoms with E-state index < -0.39 is 0 Å². The molecule has 94 valence electrons. The minimum Gasteiger partial charge on any atom is -0.494 e. The molecule has 2 N–H and O–H groups in total. The van der Waals surface area contributed by atoms with Crippen molar-refractivity contribution < 1.29 is 9.53 Å². The van der Waals surface area contributed by atoms with Gasteiger partial charge in [0.05, 0.1) is 12.8 Å². The molecule has 0 saturated carbocycles. The van der Waals surface area contributed by atoms with Crippen LogP contribution in [0.3, 0.4) is 0 Å². The highest BCUT2D eigenvalue weighted by molar-refractivity contribution is 5.69. The zero-order valence-electron chi connectivity index (χ0n) is 11.2. The number of rotatable bonds is 3. The van der Waals surface area contributed by atoms with Crippen molar-refractivity contribution in [1.82, 2.24) is 0 Å². The Kier molecular flexibility index (Phi) is 3.81. The summed E-state index contributed by atoms with van der Waals surface area (Å²) in [5.41, 5.74) is 8.53. The van der Waals surface area contributed by atoms with Crippen LogP contribution < -0.4 is 10.5 Å². The summed E-state index contributed by atoms with van der Waals surface area (Å²) in [7, 11) is 1.57. The monoisotopic (exact) mass is 235 g/mol. The largest absolute Gasteiger partial charge is 0.494 e. The van der Waals surface area contributed by atoms with Crippen molar-refractivity contribution in [1.29, 1.82) is 0 Å². The summed E-state index contributed by atoms with van der Waals surface area (Å²) in [6, 6.07) is 3.92. The molecule has 0 aromatic heterocycles. The van der Waals surface area contributed by atoms with Crippen molar-refractivity contribution in [2.45, 2.75) is 39.0 Å². The van der Waals surface area contributed by atoms with Crippen LogP contribution in [0.2, 0.25) is 0 Å². The van der Waals surface area contributed by atoms with E-state index in [1.54, 1.807) is 7.11 Å². The number of ether oxygens (including phenoxy) is 1. The molecule has 1 aromatic carbocycles. The molecule has 0 radical (unpaired) electrons. The van der Waals surface area contributed by atoms with Gasteiger partial charge in [0.25, 0.3) is 0 Å². The second-order valence-corrected chi connectivity index (χ2v) is 5.36. The van der Waals surface area contributed by atoms with Crippen LogP contribution in [0.5, 0.6) is 5.75 Å². The Morgan fingerprint density at radius 1 is 1.35 bits per heavy atom. The lowest BCUT2D eigenvalue weighted by Gasteiger charge is -2.23. The van der Waals surface area contributed by atoms with E-state index in [1.165, 1.54) is 0 Å². The molecular formula is C14H21NO2. The molecule has 0 aliphatic heterocycles. The Hall–Kier alpha value is -1.51. The van der Waals surface area contributed by atoms with Crippen LogP contribution in [-0.2, 0) is 10.2 Å². The van der Waals surface area contributed by atoms with Crippen molar-refractivity contribution in [3.8, 4) is 5.75 Å². The fraction of sp³-hybridized carbons (Fsp3) is 0.500. The number of nitrogen functional groups attached to an aromatic ring is 1. The van der Waals surface area contributed by atoms with Gasteiger partial charge < -0.3 is 15.3 Å². The molecule has 3 nitrogen and oxygen atoms in total. The van der Waals surface area contributed by atoms with Crippen molar-refractivity contribution in [3.05, 3.63) is 23.3 Å². The number of benzene rings is 1. The van der Waals surface area contributed by atoms with Crippen LogP contribution in [-0.4, -0.2) is 13.4 Å². The summed E-state index contributed by atoms with van der Waals surface area (Å²) in [6.07, 6.45) is 0.906. The Labute approximate surface area is 103 Å². The van der Waals surface area contributed by atoms with Crippen LogP contribution in [0.25, 0.3) is 0 Å². The van der Waals surface area contributed by atoms with Crippen molar-refractivity contribution >= 4 is 12.0 Å². The highest BCUT2D eigenvalue weighted by Gasteiger charge is 2.20. The number of hydrogen-bond donors (Lipinski definition) is 1. The Morgan fingerprint density at radius 2 is 1.94 bits per heavy atom. The summed E-state index contributed by atoms with van der Waals surface area (Å²) in [4.78, 5) is 10.9. The first-order valence-corrected chi connectivity index (χ1v) is 5.74. The van der Waals surface area contributed by atoms with E-state index in [-0.39, 0.29) is 11.3 Å². The summed E-state index contributed by atoms with van der Waals surface area (Å²) >= 11 is 0. The van der Waals surface area contributed by atoms with Crippen molar-refractivity contribution in [2.75, 3.05) is 12.8 Å². The highest BCUT2D eigenvalue weighted by Crippen LogP contribution is 2.36. The number of nitrogens with two attached hydrogens (primary N) is 1. The molecule has 1 unspecified atom stereocenters. The number of carbonyl (C=O) groups excluding carboxylic acids is 1. The molecule has 0 heterocycles. The lowest BCUT2D eigenvalue weighted by molar-refractivity contribution is -0.108. The van der Waals surface area contributed by atoms with Gasteiger partial charge in [-0.05, 0) is 17.0 Å². The molecule has 1 rings (SSSR count). The predicted octanol–water partition coefficient (Wildman–Crippen LogP) is 2.88. The second kappa shape index (κ2) is 4.78.